The molecule has 0 spiro atoms. The van der Waals surface area contributed by atoms with Gasteiger partial charge in [-0.05, 0) is 13.0 Å². The predicted octanol–water partition coefficient (Wildman–Crippen LogP) is 2.07. The molecule has 12 heteroatoms. The van der Waals surface area contributed by atoms with Gasteiger partial charge in [0.2, 0.25) is 11.8 Å². The standard InChI is InChI=1S/C20H25F2N5O3S2/c1-12(9-28)24-18-17(31-11-15(29)27-7-5-23-6-8-27)19(30)26-20(25-18)32-10-13-3-2-4-14(21)16(13)22/h2-4,12,23,28H,5-11H2,1H3,(H2,24,25,26,30)/t12-/m1/s1. The molecule has 0 radical (unpaired) electrons. The summed E-state index contributed by atoms with van der Waals surface area (Å²) in [5, 5.41) is 26.3. The third-order valence-corrected chi connectivity index (χ3v) is 6.63. The second-order valence-electron chi connectivity index (χ2n) is 7.16. The molecule has 174 valence electrons. The number of hydrogen-bond donors (Lipinski definition) is 4. The Morgan fingerprint density at radius 3 is 2.75 bits per heavy atom. The molecule has 1 aliphatic rings. The highest BCUT2D eigenvalue weighted by molar-refractivity contribution is 8.00. The lowest BCUT2D eigenvalue weighted by Crippen LogP contribution is -2.47. The van der Waals surface area contributed by atoms with Gasteiger partial charge in [0.25, 0.3) is 0 Å². The van der Waals surface area contributed by atoms with Crippen LogP contribution in [0.1, 0.15) is 12.5 Å². The molecule has 2 aromatic rings. The van der Waals surface area contributed by atoms with Crippen molar-refractivity contribution in [2.75, 3.05) is 43.9 Å². The van der Waals surface area contributed by atoms with Gasteiger partial charge in [0, 0.05) is 43.5 Å². The number of benzene rings is 1. The van der Waals surface area contributed by atoms with Crippen LogP contribution in [0.3, 0.4) is 0 Å². The van der Waals surface area contributed by atoms with Crippen molar-refractivity contribution in [1.29, 1.82) is 0 Å². The summed E-state index contributed by atoms with van der Waals surface area (Å²) < 4.78 is 27.3. The third-order valence-electron chi connectivity index (χ3n) is 4.68. The van der Waals surface area contributed by atoms with Crippen LogP contribution in [0.4, 0.5) is 14.6 Å². The Morgan fingerprint density at radius 1 is 1.28 bits per heavy atom. The van der Waals surface area contributed by atoms with E-state index in [1.54, 1.807) is 11.8 Å². The molecule has 3 rings (SSSR count). The number of piperazine rings is 1. The van der Waals surface area contributed by atoms with Crippen LogP contribution in [0.5, 0.6) is 5.88 Å². The number of rotatable bonds is 9. The fourth-order valence-corrected chi connectivity index (χ4v) is 4.62. The second kappa shape index (κ2) is 11.6. The zero-order chi connectivity index (χ0) is 23.1. The van der Waals surface area contributed by atoms with Crippen molar-refractivity contribution < 1.29 is 23.8 Å². The summed E-state index contributed by atoms with van der Waals surface area (Å²) in [5.74, 6) is -1.84. The van der Waals surface area contributed by atoms with Gasteiger partial charge in [-0.1, -0.05) is 23.9 Å². The summed E-state index contributed by atoms with van der Waals surface area (Å²) in [5.41, 5.74) is 0.149. The van der Waals surface area contributed by atoms with Gasteiger partial charge >= 0.3 is 0 Å². The molecule has 1 aromatic heterocycles. The number of anilines is 1. The minimum atomic E-state index is -0.938. The normalized spacial score (nSPS) is 14.9. The Hall–Kier alpha value is -2.15. The number of aromatic hydroxyl groups is 1. The van der Waals surface area contributed by atoms with E-state index in [1.807, 2.05) is 0 Å². The number of nitrogens with one attached hydrogen (secondary N) is 2. The molecular formula is C20H25F2N5O3S2. The molecule has 1 amide bonds. The van der Waals surface area contributed by atoms with E-state index in [-0.39, 0.29) is 57.4 Å². The first-order valence-electron chi connectivity index (χ1n) is 10.0. The molecule has 1 saturated heterocycles. The first kappa shape index (κ1) is 24.5. The maximum absolute atomic E-state index is 13.9. The fraction of sp³-hybridized carbons (Fsp3) is 0.450. The lowest BCUT2D eigenvalue weighted by molar-refractivity contribution is -0.128. The Kier molecular flexibility index (Phi) is 8.91. The number of halogens is 2. The van der Waals surface area contributed by atoms with Crippen LogP contribution in [0.15, 0.2) is 28.3 Å². The molecule has 0 saturated carbocycles. The van der Waals surface area contributed by atoms with Gasteiger partial charge in [-0.2, -0.15) is 4.98 Å². The summed E-state index contributed by atoms with van der Waals surface area (Å²) >= 11 is 2.14. The summed E-state index contributed by atoms with van der Waals surface area (Å²) in [6, 6.07) is 3.55. The van der Waals surface area contributed by atoms with E-state index in [4.69, 9.17) is 0 Å². The van der Waals surface area contributed by atoms with E-state index in [0.29, 0.717) is 13.1 Å². The highest BCUT2D eigenvalue weighted by Gasteiger charge is 2.21. The molecule has 0 aliphatic carbocycles. The Morgan fingerprint density at radius 2 is 2.03 bits per heavy atom. The molecule has 0 bridgehead atoms. The number of nitrogens with zero attached hydrogens (tertiary/aromatic N) is 3. The Labute approximate surface area is 193 Å². The summed E-state index contributed by atoms with van der Waals surface area (Å²) in [7, 11) is 0. The van der Waals surface area contributed by atoms with Crippen LogP contribution >= 0.6 is 23.5 Å². The van der Waals surface area contributed by atoms with Crippen LogP contribution in [0.2, 0.25) is 0 Å². The van der Waals surface area contributed by atoms with Gasteiger partial charge in [-0.15, -0.1) is 11.8 Å². The maximum Gasteiger partial charge on any atom is 0.233 e. The summed E-state index contributed by atoms with van der Waals surface area (Å²) in [4.78, 5) is 23.0. The number of amides is 1. The number of aliphatic hydroxyl groups is 1. The number of carbonyl (C=O) groups excluding carboxylic acids is 1. The number of carbonyl (C=O) groups is 1. The highest BCUT2D eigenvalue weighted by atomic mass is 32.2. The van der Waals surface area contributed by atoms with Gasteiger partial charge < -0.3 is 25.7 Å². The maximum atomic E-state index is 13.9. The third kappa shape index (κ3) is 6.44. The smallest absolute Gasteiger partial charge is 0.233 e. The highest BCUT2D eigenvalue weighted by Crippen LogP contribution is 2.36. The number of thioether (sulfide) groups is 2. The zero-order valence-electron chi connectivity index (χ0n) is 17.5. The Balaban J connectivity index is 1.75. The quantitative estimate of drug-likeness (QED) is 0.313. The largest absolute Gasteiger partial charge is 0.492 e. The molecule has 2 heterocycles. The van der Waals surface area contributed by atoms with E-state index in [0.717, 1.165) is 42.7 Å². The van der Waals surface area contributed by atoms with Crippen molar-refractivity contribution in [2.24, 2.45) is 0 Å². The van der Waals surface area contributed by atoms with Crippen LogP contribution in [-0.4, -0.2) is 75.6 Å². The Bertz CT molecular complexity index is 948. The van der Waals surface area contributed by atoms with E-state index in [1.165, 1.54) is 12.1 Å². The molecule has 1 fully saturated rings. The van der Waals surface area contributed by atoms with Crippen molar-refractivity contribution in [3.63, 3.8) is 0 Å². The number of aromatic nitrogens is 2. The van der Waals surface area contributed by atoms with Gasteiger partial charge in [0.05, 0.1) is 12.4 Å². The molecule has 0 unspecified atom stereocenters. The van der Waals surface area contributed by atoms with Crippen molar-refractivity contribution in [1.82, 2.24) is 20.2 Å². The van der Waals surface area contributed by atoms with E-state index < -0.39 is 11.6 Å². The first-order chi connectivity index (χ1) is 15.4. The lowest BCUT2D eigenvalue weighted by atomic mass is 10.2. The first-order valence-corrected chi connectivity index (χ1v) is 12.0. The summed E-state index contributed by atoms with van der Waals surface area (Å²) in [6.07, 6.45) is 0. The minimum absolute atomic E-state index is 0.0583. The van der Waals surface area contributed by atoms with Crippen LogP contribution in [0.25, 0.3) is 0 Å². The van der Waals surface area contributed by atoms with E-state index >= 15 is 0 Å². The average Bonchev–Trinajstić information content (AvgIpc) is 2.79. The van der Waals surface area contributed by atoms with Crippen LogP contribution in [-0.2, 0) is 10.5 Å². The fourth-order valence-electron chi connectivity index (χ4n) is 2.93. The van der Waals surface area contributed by atoms with Gasteiger partial charge in [-0.25, -0.2) is 13.8 Å². The molecule has 1 aromatic carbocycles. The molecule has 8 nitrogen and oxygen atoms in total. The second-order valence-corrected chi connectivity index (χ2v) is 9.08. The van der Waals surface area contributed by atoms with Crippen molar-refractivity contribution >= 4 is 35.2 Å². The number of aliphatic hydroxyl groups excluding tert-OH is 1. The predicted molar refractivity (Wildman–Crippen MR) is 120 cm³/mol. The van der Waals surface area contributed by atoms with Crippen LogP contribution in [0, 0.1) is 11.6 Å². The van der Waals surface area contributed by atoms with Crippen molar-refractivity contribution in [2.45, 2.75) is 28.8 Å². The molecule has 1 aliphatic heterocycles. The molecular weight excluding hydrogens is 460 g/mol. The van der Waals surface area contributed by atoms with Gasteiger partial charge in [0.15, 0.2) is 16.8 Å². The summed E-state index contributed by atoms with van der Waals surface area (Å²) in [6.45, 7) is 4.29. The van der Waals surface area contributed by atoms with Gasteiger partial charge in [-0.3, -0.25) is 4.79 Å². The monoisotopic (exact) mass is 485 g/mol. The lowest BCUT2D eigenvalue weighted by Gasteiger charge is -2.27. The SMILES string of the molecule is C[C@H](CO)Nc1nc(SCc2cccc(F)c2F)nc(O)c1SCC(=O)N1CCNCC1. The zero-order valence-corrected chi connectivity index (χ0v) is 19.1. The van der Waals surface area contributed by atoms with Crippen molar-refractivity contribution in [3.05, 3.63) is 35.4 Å². The van der Waals surface area contributed by atoms with Crippen molar-refractivity contribution in [3.8, 4) is 5.88 Å². The minimum Gasteiger partial charge on any atom is -0.492 e. The van der Waals surface area contributed by atoms with Gasteiger partial charge in [0.1, 0.15) is 10.7 Å². The molecule has 1 atom stereocenters. The van der Waals surface area contributed by atoms with E-state index in [2.05, 4.69) is 20.6 Å². The number of hydrogen-bond acceptors (Lipinski definition) is 9. The average molecular weight is 486 g/mol. The van der Waals surface area contributed by atoms with E-state index in [9.17, 15) is 23.8 Å². The molecule has 32 heavy (non-hydrogen) atoms. The topological polar surface area (TPSA) is 111 Å². The van der Waals surface area contributed by atoms with Crippen LogP contribution < -0.4 is 10.6 Å². The molecule has 4 N–H and O–H groups in total.